The van der Waals surface area contributed by atoms with Gasteiger partial charge in [-0.15, -0.1) is 0 Å². The number of benzene rings is 2. The molecule has 2 N–H and O–H groups in total. The second-order valence-electron chi connectivity index (χ2n) is 10.0. The summed E-state index contributed by atoms with van der Waals surface area (Å²) in [5, 5.41) is 5.29. The molecular weight excluding hydrogens is 544 g/mol. The minimum atomic E-state index is -3.97. The molecule has 0 aliphatic carbocycles. The SMILES string of the molecule is CCOCC(=O)CNC1CCCN(C(=O)C(C)N2CCC(NS(=O)(=O)c3ccc4cc(Cl)ccc4c3)C2=O)C1. The molecule has 12 heteroatoms. The number of nitrogens with one attached hydrogen (secondary N) is 2. The van der Waals surface area contributed by atoms with Crippen molar-refractivity contribution in [3.05, 3.63) is 41.4 Å². The van der Waals surface area contributed by atoms with Crippen LogP contribution >= 0.6 is 11.6 Å². The molecule has 2 saturated heterocycles. The van der Waals surface area contributed by atoms with Gasteiger partial charge in [-0.2, -0.15) is 4.72 Å². The summed E-state index contributed by atoms with van der Waals surface area (Å²) in [5.74, 6) is -0.648. The number of ketones is 1. The fourth-order valence-corrected chi connectivity index (χ4v) is 6.52. The largest absolute Gasteiger partial charge is 0.374 e. The molecule has 4 rings (SSSR count). The van der Waals surface area contributed by atoms with Gasteiger partial charge < -0.3 is 19.9 Å². The van der Waals surface area contributed by atoms with Crippen LogP contribution in [0.2, 0.25) is 5.02 Å². The molecule has 212 valence electrons. The van der Waals surface area contributed by atoms with Crippen molar-refractivity contribution in [1.82, 2.24) is 19.8 Å². The molecule has 0 saturated carbocycles. The van der Waals surface area contributed by atoms with Crippen LogP contribution in [-0.4, -0.2) is 93.3 Å². The molecule has 2 fully saturated rings. The number of amides is 2. The first-order valence-electron chi connectivity index (χ1n) is 13.2. The van der Waals surface area contributed by atoms with Crippen LogP contribution in [0.3, 0.4) is 0 Å². The Kier molecular flexibility index (Phi) is 9.60. The van der Waals surface area contributed by atoms with Crippen molar-refractivity contribution in [2.45, 2.75) is 56.1 Å². The van der Waals surface area contributed by atoms with Crippen LogP contribution in [0.15, 0.2) is 41.3 Å². The van der Waals surface area contributed by atoms with E-state index in [0.29, 0.717) is 30.1 Å². The number of nitrogens with zero attached hydrogens (tertiary/aromatic N) is 2. The summed E-state index contributed by atoms with van der Waals surface area (Å²) in [4.78, 5) is 41.6. The van der Waals surface area contributed by atoms with E-state index < -0.39 is 28.0 Å². The highest BCUT2D eigenvalue weighted by molar-refractivity contribution is 7.89. The van der Waals surface area contributed by atoms with E-state index in [1.165, 1.54) is 11.0 Å². The summed E-state index contributed by atoms with van der Waals surface area (Å²) in [6.45, 7) is 5.51. The van der Waals surface area contributed by atoms with E-state index in [1.54, 1.807) is 42.2 Å². The van der Waals surface area contributed by atoms with Crippen LogP contribution < -0.4 is 10.0 Å². The van der Waals surface area contributed by atoms with E-state index in [1.807, 2.05) is 6.92 Å². The molecule has 39 heavy (non-hydrogen) atoms. The highest BCUT2D eigenvalue weighted by atomic mass is 35.5. The lowest BCUT2D eigenvalue weighted by Crippen LogP contribution is -2.55. The van der Waals surface area contributed by atoms with Crippen LogP contribution in [0.4, 0.5) is 0 Å². The minimum absolute atomic E-state index is 0.0210. The van der Waals surface area contributed by atoms with Crippen LogP contribution in [0.1, 0.15) is 33.1 Å². The highest BCUT2D eigenvalue weighted by Crippen LogP contribution is 2.24. The average Bonchev–Trinajstić information content (AvgIpc) is 3.28. The molecule has 10 nitrogen and oxygen atoms in total. The predicted molar refractivity (Wildman–Crippen MR) is 148 cm³/mol. The quantitative estimate of drug-likeness (QED) is 0.417. The molecule has 2 aromatic carbocycles. The lowest BCUT2D eigenvalue weighted by atomic mass is 10.0. The van der Waals surface area contributed by atoms with Gasteiger partial charge in [-0.1, -0.05) is 23.7 Å². The first-order chi connectivity index (χ1) is 18.6. The maximum absolute atomic E-state index is 13.3. The van der Waals surface area contributed by atoms with Gasteiger partial charge in [-0.05, 0) is 68.1 Å². The van der Waals surface area contributed by atoms with E-state index in [9.17, 15) is 22.8 Å². The first-order valence-corrected chi connectivity index (χ1v) is 15.1. The smallest absolute Gasteiger partial charge is 0.245 e. The fraction of sp³-hybridized carbons (Fsp3) is 0.519. The molecule has 2 aliphatic heterocycles. The zero-order chi connectivity index (χ0) is 28.2. The molecule has 2 amide bonds. The maximum Gasteiger partial charge on any atom is 0.245 e. The molecule has 0 spiro atoms. The van der Waals surface area contributed by atoms with Gasteiger partial charge >= 0.3 is 0 Å². The van der Waals surface area contributed by atoms with Crippen LogP contribution in [0, 0.1) is 0 Å². The van der Waals surface area contributed by atoms with Gasteiger partial charge in [0.15, 0.2) is 5.78 Å². The Morgan fingerprint density at radius 3 is 2.64 bits per heavy atom. The third kappa shape index (κ3) is 7.15. The highest BCUT2D eigenvalue weighted by Gasteiger charge is 2.40. The third-order valence-electron chi connectivity index (χ3n) is 7.23. The van der Waals surface area contributed by atoms with E-state index >= 15 is 0 Å². The van der Waals surface area contributed by atoms with Crippen molar-refractivity contribution < 1.29 is 27.5 Å². The van der Waals surface area contributed by atoms with Crippen molar-refractivity contribution >= 4 is 50.0 Å². The zero-order valence-corrected chi connectivity index (χ0v) is 23.8. The summed E-state index contributed by atoms with van der Waals surface area (Å²) < 4.78 is 33.8. The number of fused-ring (bicyclic) bond motifs is 1. The van der Waals surface area contributed by atoms with Crippen molar-refractivity contribution in [3.8, 4) is 0 Å². The molecule has 3 unspecified atom stereocenters. The summed E-state index contributed by atoms with van der Waals surface area (Å²) in [6, 6.07) is 8.19. The molecule has 0 radical (unpaired) electrons. The van der Waals surface area contributed by atoms with Crippen molar-refractivity contribution in [1.29, 1.82) is 0 Å². The predicted octanol–water partition coefficient (Wildman–Crippen LogP) is 1.95. The lowest BCUT2D eigenvalue weighted by molar-refractivity contribution is -0.144. The Morgan fingerprint density at radius 1 is 1.13 bits per heavy atom. The molecular formula is C27H35ClN4O6S. The van der Waals surface area contributed by atoms with Crippen LogP contribution in [-0.2, 0) is 29.1 Å². The molecule has 3 atom stereocenters. The van der Waals surface area contributed by atoms with Crippen LogP contribution in [0.5, 0.6) is 0 Å². The number of likely N-dealkylation sites (tertiary alicyclic amines) is 2. The van der Waals surface area contributed by atoms with E-state index in [2.05, 4.69) is 10.0 Å². The number of hydrogen-bond acceptors (Lipinski definition) is 7. The second-order valence-corrected chi connectivity index (χ2v) is 12.2. The number of sulfonamides is 1. The summed E-state index contributed by atoms with van der Waals surface area (Å²) in [5.41, 5.74) is 0. The number of ether oxygens (including phenoxy) is 1. The number of hydrogen-bond donors (Lipinski definition) is 2. The third-order valence-corrected chi connectivity index (χ3v) is 8.94. The maximum atomic E-state index is 13.3. The van der Waals surface area contributed by atoms with Crippen LogP contribution in [0.25, 0.3) is 10.8 Å². The standard InChI is InChI=1S/C27H35ClN4O6S/c1-3-38-17-23(33)15-29-22-5-4-11-31(16-22)26(34)18(2)32-12-10-25(27(32)35)30-39(36,37)24-9-7-19-13-21(28)8-6-20(19)14-24/h6-9,13-14,18,22,25,29-30H,3-5,10-12,15-17H2,1-2H3. The number of carbonyl (C=O) groups is 3. The number of piperidine rings is 1. The summed E-state index contributed by atoms with van der Waals surface area (Å²) in [6.07, 6.45) is 1.89. The van der Waals surface area contributed by atoms with E-state index in [-0.39, 0.29) is 48.7 Å². The zero-order valence-electron chi connectivity index (χ0n) is 22.2. The topological polar surface area (TPSA) is 125 Å². The normalized spacial score (nSPS) is 20.9. The Labute approximate surface area is 234 Å². The number of Topliss-reactive ketones (excluding diaryl/α,β-unsaturated/α-hetero) is 1. The van der Waals surface area contributed by atoms with Gasteiger partial charge in [0.1, 0.15) is 18.7 Å². The Balaban J connectivity index is 1.34. The van der Waals surface area contributed by atoms with Gasteiger partial charge in [0.2, 0.25) is 21.8 Å². The van der Waals surface area contributed by atoms with Crippen molar-refractivity contribution in [2.24, 2.45) is 0 Å². The second kappa shape index (κ2) is 12.7. The Morgan fingerprint density at radius 2 is 1.87 bits per heavy atom. The number of carbonyl (C=O) groups excluding carboxylic acids is 3. The molecule has 2 aromatic rings. The van der Waals surface area contributed by atoms with Gasteiger partial charge in [0.25, 0.3) is 0 Å². The summed E-state index contributed by atoms with van der Waals surface area (Å²) >= 11 is 6.02. The Hall–Kier alpha value is -2.57. The van der Waals surface area contributed by atoms with Crippen molar-refractivity contribution in [3.63, 3.8) is 0 Å². The van der Waals surface area contributed by atoms with Crippen molar-refractivity contribution in [2.75, 3.05) is 39.4 Å². The van der Waals surface area contributed by atoms with E-state index in [4.69, 9.17) is 16.3 Å². The average molecular weight is 579 g/mol. The van der Waals surface area contributed by atoms with Gasteiger partial charge in [-0.25, -0.2) is 8.42 Å². The monoisotopic (exact) mass is 578 g/mol. The fourth-order valence-electron chi connectivity index (χ4n) is 5.08. The molecule has 2 aliphatic rings. The minimum Gasteiger partial charge on any atom is -0.374 e. The number of rotatable bonds is 11. The molecule has 2 heterocycles. The van der Waals surface area contributed by atoms with Gasteiger partial charge in [0, 0.05) is 37.3 Å². The van der Waals surface area contributed by atoms with E-state index in [0.717, 1.165) is 18.2 Å². The van der Waals surface area contributed by atoms with Gasteiger partial charge in [-0.3, -0.25) is 14.4 Å². The first kappa shape index (κ1) is 29.4. The van der Waals surface area contributed by atoms with Gasteiger partial charge in [0.05, 0.1) is 11.4 Å². The Bertz CT molecular complexity index is 1340. The lowest BCUT2D eigenvalue weighted by Gasteiger charge is -2.36. The summed E-state index contributed by atoms with van der Waals surface area (Å²) in [7, 11) is -3.97. The molecule has 0 bridgehead atoms. The molecule has 0 aromatic heterocycles. The number of halogens is 1.